The molecule has 0 bridgehead atoms. The molecule has 1 fully saturated rings. The number of urea groups is 1. The average molecular weight is 412 g/mol. The third-order valence-corrected chi connectivity index (χ3v) is 5.75. The molecule has 2 aromatic carbocycles. The first-order valence-electron chi connectivity index (χ1n) is 9.54. The van der Waals surface area contributed by atoms with E-state index in [-0.39, 0.29) is 17.8 Å². The van der Waals surface area contributed by atoms with Gasteiger partial charge in [0.1, 0.15) is 11.6 Å². The molecule has 1 aliphatic rings. The third kappa shape index (κ3) is 4.54. The third-order valence-electron chi connectivity index (χ3n) is 4.94. The van der Waals surface area contributed by atoms with Crippen LogP contribution in [-0.4, -0.2) is 46.0 Å². The van der Waals surface area contributed by atoms with Gasteiger partial charge in [-0.15, -0.1) is 0 Å². The highest BCUT2D eigenvalue weighted by Crippen LogP contribution is 2.23. The molecule has 8 heteroatoms. The van der Waals surface area contributed by atoms with Gasteiger partial charge in [-0.3, -0.25) is 0 Å². The maximum atomic E-state index is 13.8. The van der Waals surface area contributed by atoms with E-state index in [1.807, 2.05) is 25.1 Å². The van der Waals surface area contributed by atoms with E-state index in [9.17, 15) is 9.18 Å². The first-order chi connectivity index (χ1) is 14.1. The largest absolute Gasteiger partial charge is 0.343 e. The summed E-state index contributed by atoms with van der Waals surface area (Å²) in [7, 11) is 0. The maximum Gasteiger partial charge on any atom is 0.322 e. The van der Waals surface area contributed by atoms with Crippen LogP contribution < -0.4 is 10.2 Å². The summed E-state index contributed by atoms with van der Waals surface area (Å²) in [6, 6.07) is 16.0. The van der Waals surface area contributed by atoms with Crippen molar-refractivity contribution in [3.8, 4) is 0 Å². The molecule has 4 rings (SSSR count). The van der Waals surface area contributed by atoms with E-state index in [1.54, 1.807) is 23.1 Å². The highest BCUT2D eigenvalue weighted by Gasteiger charge is 2.29. The summed E-state index contributed by atoms with van der Waals surface area (Å²) in [4.78, 5) is 21.1. The van der Waals surface area contributed by atoms with Crippen LogP contribution in [0.4, 0.5) is 20.0 Å². The standard InChI is InChI=1S/C21H22FN5OS/c1-15-14-26(21-24-19(25-29-21)13-16-7-3-2-4-8-16)11-12-27(15)20(28)23-18-10-6-5-9-17(18)22/h2-10,15H,11-14H2,1H3,(H,23,28). The van der Waals surface area contributed by atoms with E-state index in [0.717, 1.165) is 11.0 Å². The summed E-state index contributed by atoms with van der Waals surface area (Å²) in [5.41, 5.74) is 1.38. The van der Waals surface area contributed by atoms with Crippen LogP contribution in [0.2, 0.25) is 0 Å². The minimum atomic E-state index is -0.438. The van der Waals surface area contributed by atoms with Crippen molar-refractivity contribution in [3.63, 3.8) is 0 Å². The number of carbonyl (C=O) groups excluding carboxylic acids is 1. The van der Waals surface area contributed by atoms with Crippen LogP contribution >= 0.6 is 11.5 Å². The first-order valence-corrected chi connectivity index (χ1v) is 10.3. The first kappa shape index (κ1) is 19.3. The Morgan fingerprint density at radius 2 is 1.93 bits per heavy atom. The highest BCUT2D eigenvalue weighted by molar-refractivity contribution is 7.09. The number of benzene rings is 2. The Kier molecular flexibility index (Phi) is 5.71. The van der Waals surface area contributed by atoms with Gasteiger partial charge < -0.3 is 15.1 Å². The fraction of sp³-hybridized carbons (Fsp3) is 0.286. The van der Waals surface area contributed by atoms with E-state index in [1.165, 1.54) is 23.2 Å². The van der Waals surface area contributed by atoms with Gasteiger partial charge in [0.25, 0.3) is 0 Å². The molecule has 6 nitrogen and oxygen atoms in total. The molecule has 2 heterocycles. The Morgan fingerprint density at radius 3 is 2.69 bits per heavy atom. The molecule has 0 saturated carbocycles. The lowest BCUT2D eigenvalue weighted by molar-refractivity contribution is 0.184. The number of nitrogens with one attached hydrogen (secondary N) is 1. The van der Waals surface area contributed by atoms with Crippen LogP contribution in [0.25, 0.3) is 0 Å². The fourth-order valence-corrected chi connectivity index (χ4v) is 4.13. The summed E-state index contributed by atoms with van der Waals surface area (Å²) in [5.74, 6) is 0.371. The number of aromatic nitrogens is 2. The summed E-state index contributed by atoms with van der Waals surface area (Å²) in [5, 5.41) is 3.54. The van der Waals surface area contributed by atoms with Crippen molar-refractivity contribution in [2.45, 2.75) is 19.4 Å². The quantitative estimate of drug-likeness (QED) is 0.705. The summed E-state index contributed by atoms with van der Waals surface area (Å²) < 4.78 is 18.3. The van der Waals surface area contributed by atoms with Crippen LogP contribution in [0.15, 0.2) is 54.6 Å². The molecule has 2 amide bonds. The highest BCUT2D eigenvalue weighted by atomic mass is 32.1. The van der Waals surface area contributed by atoms with Crippen LogP contribution in [-0.2, 0) is 6.42 Å². The minimum absolute atomic E-state index is 0.0306. The van der Waals surface area contributed by atoms with Gasteiger partial charge in [0, 0.05) is 43.6 Å². The number of para-hydroxylation sites is 1. The fourth-order valence-electron chi connectivity index (χ4n) is 3.41. The number of hydrogen-bond acceptors (Lipinski definition) is 5. The van der Waals surface area contributed by atoms with Crippen LogP contribution in [0, 0.1) is 5.82 Å². The molecular weight excluding hydrogens is 389 g/mol. The molecule has 150 valence electrons. The van der Waals surface area contributed by atoms with Crippen LogP contribution in [0.5, 0.6) is 0 Å². The lowest BCUT2D eigenvalue weighted by Crippen LogP contribution is -2.55. The molecule has 1 unspecified atom stereocenters. The number of anilines is 2. The molecule has 0 spiro atoms. The topological polar surface area (TPSA) is 61.4 Å². The predicted molar refractivity (Wildman–Crippen MR) is 113 cm³/mol. The second-order valence-electron chi connectivity index (χ2n) is 7.05. The van der Waals surface area contributed by atoms with Gasteiger partial charge in [0.2, 0.25) is 5.13 Å². The van der Waals surface area contributed by atoms with Crippen molar-refractivity contribution in [2.75, 3.05) is 29.9 Å². The van der Waals surface area contributed by atoms with E-state index in [2.05, 4.69) is 31.7 Å². The molecule has 1 atom stereocenters. The monoisotopic (exact) mass is 411 g/mol. The van der Waals surface area contributed by atoms with Crippen molar-refractivity contribution in [2.24, 2.45) is 0 Å². The number of nitrogens with zero attached hydrogens (tertiary/aromatic N) is 4. The predicted octanol–water partition coefficient (Wildman–Crippen LogP) is 4.01. The van der Waals surface area contributed by atoms with Gasteiger partial charge in [-0.25, -0.2) is 14.2 Å². The second kappa shape index (κ2) is 8.57. The van der Waals surface area contributed by atoms with Gasteiger partial charge >= 0.3 is 6.03 Å². The van der Waals surface area contributed by atoms with E-state index in [4.69, 9.17) is 0 Å². The number of piperazine rings is 1. The Morgan fingerprint density at radius 1 is 1.17 bits per heavy atom. The van der Waals surface area contributed by atoms with Crippen LogP contribution in [0.1, 0.15) is 18.3 Å². The molecule has 0 aliphatic carbocycles. The van der Waals surface area contributed by atoms with Gasteiger partial charge in [0.05, 0.1) is 5.69 Å². The number of amides is 2. The summed E-state index contributed by atoms with van der Waals surface area (Å²) in [6.07, 6.45) is 0.706. The zero-order valence-electron chi connectivity index (χ0n) is 16.1. The average Bonchev–Trinajstić information content (AvgIpc) is 3.19. The molecule has 3 aromatic rings. The number of carbonyl (C=O) groups is 1. The molecule has 1 saturated heterocycles. The zero-order valence-corrected chi connectivity index (χ0v) is 16.9. The van der Waals surface area contributed by atoms with Gasteiger partial charge in [-0.05, 0) is 24.6 Å². The number of rotatable bonds is 4. The summed E-state index contributed by atoms with van der Waals surface area (Å²) >= 11 is 1.39. The van der Waals surface area contributed by atoms with Crippen molar-refractivity contribution < 1.29 is 9.18 Å². The molecular formula is C21H22FN5OS. The van der Waals surface area contributed by atoms with Crippen molar-refractivity contribution in [1.82, 2.24) is 14.3 Å². The molecule has 1 N–H and O–H groups in total. The normalized spacial score (nSPS) is 16.7. The Bertz CT molecular complexity index is 980. The van der Waals surface area contributed by atoms with Crippen molar-refractivity contribution in [3.05, 3.63) is 71.8 Å². The van der Waals surface area contributed by atoms with E-state index < -0.39 is 5.82 Å². The van der Waals surface area contributed by atoms with Crippen molar-refractivity contribution in [1.29, 1.82) is 0 Å². The van der Waals surface area contributed by atoms with Crippen molar-refractivity contribution >= 4 is 28.4 Å². The summed E-state index contributed by atoms with van der Waals surface area (Å²) in [6.45, 7) is 3.84. The zero-order chi connectivity index (χ0) is 20.2. The van der Waals surface area contributed by atoms with Gasteiger partial charge in [-0.2, -0.15) is 4.37 Å². The smallest absolute Gasteiger partial charge is 0.322 e. The Balaban J connectivity index is 1.36. The van der Waals surface area contributed by atoms with Gasteiger partial charge in [-0.1, -0.05) is 42.5 Å². The molecule has 29 heavy (non-hydrogen) atoms. The molecule has 1 aliphatic heterocycles. The Hall–Kier alpha value is -3.00. The maximum absolute atomic E-state index is 13.8. The molecule has 1 aromatic heterocycles. The SMILES string of the molecule is CC1CN(c2nc(Cc3ccccc3)ns2)CCN1C(=O)Nc1ccccc1F. The number of halogens is 1. The van der Waals surface area contributed by atoms with Crippen LogP contribution in [0.3, 0.4) is 0 Å². The number of hydrogen-bond donors (Lipinski definition) is 1. The lowest BCUT2D eigenvalue weighted by atomic mass is 10.1. The molecule has 0 radical (unpaired) electrons. The Labute approximate surface area is 173 Å². The minimum Gasteiger partial charge on any atom is -0.343 e. The van der Waals surface area contributed by atoms with E-state index >= 15 is 0 Å². The van der Waals surface area contributed by atoms with E-state index in [0.29, 0.717) is 26.1 Å². The lowest BCUT2D eigenvalue weighted by Gasteiger charge is -2.39. The van der Waals surface area contributed by atoms with Gasteiger partial charge in [0.15, 0.2) is 0 Å². The second-order valence-corrected chi connectivity index (χ2v) is 7.78.